The van der Waals surface area contributed by atoms with Crippen LogP contribution in [-0.2, 0) is 4.79 Å². The average Bonchev–Trinajstić information content (AvgIpc) is 2.30. The normalized spacial score (nSPS) is 37.5. The van der Waals surface area contributed by atoms with E-state index in [0.29, 0.717) is 5.25 Å². The highest BCUT2D eigenvalue weighted by atomic mass is 32.2. The lowest BCUT2D eigenvalue weighted by atomic mass is 9.94. The molecule has 1 saturated heterocycles. The molecule has 0 radical (unpaired) electrons. The van der Waals surface area contributed by atoms with Gasteiger partial charge in [-0.05, 0) is 5.92 Å². The van der Waals surface area contributed by atoms with Crippen molar-refractivity contribution in [3.05, 3.63) is 0 Å². The van der Waals surface area contributed by atoms with Crippen LogP contribution in [0.4, 0.5) is 0 Å². The Bertz CT molecular complexity index is 161. The van der Waals surface area contributed by atoms with Gasteiger partial charge in [0.05, 0.1) is 5.92 Å². The van der Waals surface area contributed by atoms with Crippen LogP contribution in [0.5, 0.6) is 0 Å². The maximum Gasteiger partial charge on any atom is 0.307 e. The maximum atomic E-state index is 10.6. The topological polar surface area (TPSA) is 37.3 Å². The zero-order valence-corrected chi connectivity index (χ0v) is 8.07. The Morgan fingerprint density at radius 3 is 2.73 bits per heavy atom. The quantitative estimate of drug-likeness (QED) is 0.649. The van der Waals surface area contributed by atoms with Crippen LogP contribution in [-0.4, -0.2) is 27.8 Å². The van der Waals surface area contributed by atoms with Gasteiger partial charge in [0.25, 0.3) is 0 Å². The molecule has 1 N–H and O–H groups in total. The number of hydrogen-bond acceptors (Lipinski definition) is 3. The standard InChI is InChI=1S/C7H12O2S2/c1-4-5(7(8)9)3-11-6(4)2-10/h4-6,10H,2-3H2,1H3,(H,8,9)/t4-,5?,6+/m1/s1. The first-order valence-electron chi connectivity index (χ1n) is 3.62. The summed E-state index contributed by atoms with van der Waals surface area (Å²) in [4.78, 5) is 10.6. The highest BCUT2D eigenvalue weighted by molar-refractivity contribution is 8.00. The van der Waals surface area contributed by atoms with Gasteiger partial charge in [-0.2, -0.15) is 24.4 Å². The molecule has 1 aliphatic heterocycles. The lowest BCUT2D eigenvalue weighted by molar-refractivity contribution is -0.142. The van der Waals surface area contributed by atoms with E-state index in [2.05, 4.69) is 12.6 Å². The molecule has 0 spiro atoms. The SMILES string of the molecule is C[C@@H]1C(C(=O)O)CS[C@H]1CS. The summed E-state index contributed by atoms with van der Waals surface area (Å²) in [5.74, 6) is 0.999. The highest BCUT2D eigenvalue weighted by Crippen LogP contribution is 2.37. The Kier molecular flexibility index (Phi) is 3.13. The van der Waals surface area contributed by atoms with Crippen molar-refractivity contribution >= 4 is 30.4 Å². The molecule has 1 fully saturated rings. The number of carboxylic acids is 1. The van der Waals surface area contributed by atoms with Gasteiger partial charge in [0.2, 0.25) is 0 Å². The van der Waals surface area contributed by atoms with E-state index in [0.717, 1.165) is 11.5 Å². The fourth-order valence-corrected chi connectivity index (χ4v) is 3.45. The molecule has 0 aromatic heterocycles. The van der Waals surface area contributed by atoms with Crippen LogP contribution in [0.15, 0.2) is 0 Å². The van der Waals surface area contributed by atoms with Gasteiger partial charge in [-0.15, -0.1) is 0 Å². The third-order valence-electron chi connectivity index (χ3n) is 2.21. The van der Waals surface area contributed by atoms with Crippen molar-refractivity contribution in [3.63, 3.8) is 0 Å². The molecule has 0 aromatic rings. The van der Waals surface area contributed by atoms with Gasteiger partial charge in [0.1, 0.15) is 0 Å². The Hall–Kier alpha value is 0.170. The molecule has 3 atom stereocenters. The first-order chi connectivity index (χ1) is 5.16. The van der Waals surface area contributed by atoms with Gasteiger partial charge in [-0.25, -0.2) is 0 Å². The molecule has 1 aliphatic rings. The molecule has 64 valence electrons. The second-order valence-corrected chi connectivity index (χ2v) is 4.50. The highest BCUT2D eigenvalue weighted by Gasteiger charge is 2.36. The van der Waals surface area contributed by atoms with E-state index < -0.39 is 5.97 Å². The predicted molar refractivity (Wildman–Crippen MR) is 50.4 cm³/mol. The molecular weight excluding hydrogens is 180 g/mol. The first-order valence-corrected chi connectivity index (χ1v) is 5.30. The Morgan fingerprint density at radius 1 is 1.82 bits per heavy atom. The van der Waals surface area contributed by atoms with Crippen LogP contribution in [0.2, 0.25) is 0 Å². The molecule has 1 rings (SSSR count). The van der Waals surface area contributed by atoms with E-state index in [1.165, 1.54) is 0 Å². The molecule has 4 heteroatoms. The van der Waals surface area contributed by atoms with Gasteiger partial charge in [-0.3, -0.25) is 4.79 Å². The minimum absolute atomic E-state index is 0.155. The molecule has 0 saturated carbocycles. The smallest absolute Gasteiger partial charge is 0.307 e. The molecular formula is C7H12O2S2. The molecule has 2 nitrogen and oxygen atoms in total. The van der Waals surface area contributed by atoms with E-state index in [1.54, 1.807) is 11.8 Å². The molecule has 0 bridgehead atoms. The fourth-order valence-electron chi connectivity index (χ4n) is 1.31. The van der Waals surface area contributed by atoms with Crippen LogP contribution >= 0.6 is 24.4 Å². The zero-order chi connectivity index (χ0) is 8.43. The summed E-state index contributed by atoms with van der Waals surface area (Å²) < 4.78 is 0. The van der Waals surface area contributed by atoms with Crippen LogP contribution < -0.4 is 0 Å². The van der Waals surface area contributed by atoms with E-state index in [9.17, 15) is 4.79 Å². The van der Waals surface area contributed by atoms with Gasteiger partial charge in [0, 0.05) is 16.8 Å². The third-order valence-corrected chi connectivity index (χ3v) is 4.42. The number of aliphatic carboxylic acids is 1. The monoisotopic (exact) mass is 192 g/mol. The van der Waals surface area contributed by atoms with Crippen LogP contribution in [0, 0.1) is 11.8 Å². The summed E-state index contributed by atoms with van der Waals surface area (Å²) in [6.45, 7) is 2.00. The van der Waals surface area contributed by atoms with Gasteiger partial charge >= 0.3 is 5.97 Å². The van der Waals surface area contributed by atoms with Crippen molar-refractivity contribution in [1.29, 1.82) is 0 Å². The minimum atomic E-state index is -0.658. The molecule has 11 heavy (non-hydrogen) atoms. The van der Waals surface area contributed by atoms with E-state index in [-0.39, 0.29) is 11.8 Å². The largest absolute Gasteiger partial charge is 0.481 e. The number of carbonyl (C=O) groups is 1. The Morgan fingerprint density at radius 2 is 2.45 bits per heavy atom. The van der Waals surface area contributed by atoms with E-state index in [1.807, 2.05) is 6.92 Å². The molecule has 1 heterocycles. The zero-order valence-electron chi connectivity index (χ0n) is 6.36. The van der Waals surface area contributed by atoms with E-state index >= 15 is 0 Å². The second kappa shape index (κ2) is 3.72. The lowest BCUT2D eigenvalue weighted by Gasteiger charge is -2.13. The average molecular weight is 192 g/mol. The van der Waals surface area contributed by atoms with Crippen LogP contribution in [0.1, 0.15) is 6.92 Å². The van der Waals surface area contributed by atoms with Crippen molar-refractivity contribution < 1.29 is 9.90 Å². The Balaban J connectivity index is 2.55. The minimum Gasteiger partial charge on any atom is -0.481 e. The predicted octanol–water partition coefficient (Wildman–Crippen LogP) is 1.37. The van der Waals surface area contributed by atoms with Crippen molar-refractivity contribution in [2.75, 3.05) is 11.5 Å². The van der Waals surface area contributed by atoms with Crippen molar-refractivity contribution in [1.82, 2.24) is 0 Å². The fraction of sp³-hybridized carbons (Fsp3) is 0.857. The summed E-state index contributed by atoms with van der Waals surface area (Å²) >= 11 is 5.90. The van der Waals surface area contributed by atoms with Gasteiger partial charge in [0.15, 0.2) is 0 Å². The molecule has 1 unspecified atom stereocenters. The molecule has 0 amide bonds. The van der Waals surface area contributed by atoms with Crippen LogP contribution in [0.3, 0.4) is 0 Å². The van der Waals surface area contributed by atoms with Crippen molar-refractivity contribution in [3.8, 4) is 0 Å². The number of thioether (sulfide) groups is 1. The lowest BCUT2D eigenvalue weighted by Crippen LogP contribution is -2.23. The summed E-state index contributed by atoms with van der Waals surface area (Å²) in [5, 5.41) is 9.19. The van der Waals surface area contributed by atoms with Gasteiger partial charge < -0.3 is 5.11 Å². The van der Waals surface area contributed by atoms with E-state index in [4.69, 9.17) is 5.11 Å². The summed E-state index contributed by atoms with van der Waals surface area (Å²) in [7, 11) is 0. The van der Waals surface area contributed by atoms with Crippen molar-refractivity contribution in [2.45, 2.75) is 12.2 Å². The van der Waals surface area contributed by atoms with Crippen LogP contribution in [0.25, 0.3) is 0 Å². The number of rotatable bonds is 2. The summed E-state index contributed by atoms with van der Waals surface area (Å²) in [6, 6.07) is 0. The van der Waals surface area contributed by atoms with Crippen molar-refractivity contribution in [2.24, 2.45) is 11.8 Å². The third kappa shape index (κ3) is 1.85. The summed E-state index contributed by atoms with van der Waals surface area (Å²) in [5.41, 5.74) is 0. The second-order valence-electron chi connectivity index (χ2n) is 2.86. The molecule has 0 aromatic carbocycles. The number of hydrogen-bond donors (Lipinski definition) is 2. The Labute approximate surface area is 76.2 Å². The molecule has 0 aliphatic carbocycles. The van der Waals surface area contributed by atoms with Gasteiger partial charge in [-0.1, -0.05) is 6.92 Å². The number of thiol groups is 1. The number of carboxylic acid groups (broad SMARTS) is 1. The first kappa shape index (κ1) is 9.26. The maximum absolute atomic E-state index is 10.6. The summed E-state index contributed by atoms with van der Waals surface area (Å²) in [6.07, 6.45) is 0.